The molecule has 2 unspecified atom stereocenters. The van der Waals surface area contributed by atoms with Gasteiger partial charge in [-0.05, 0) is 35.6 Å². The van der Waals surface area contributed by atoms with E-state index < -0.39 is 0 Å². The normalized spacial score (nSPS) is 19.6. The second kappa shape index (κ2) is 8.06. The minimum Gasteiger partial charge on any atom is -0.445 e. The number of halogens is 1. The van der Waals surface area contributed by atoms with Gasteiger partial charge in [0.25, 0.3) is 0 Å². The maximum atomic E-state index is 12.6. The molecule has 3 heterocycles. The zero-order valence-corrected chi connectivity index (χ0v) is 16.3. The highest BCUT2D eigenvalue weighted by atomic mass is 35.5. The lowest BCUT2D eigenvalue weighted by atomic mass is 9.96. The van der Waals surface area contributed by atoms with Gasteiger partial charge >= 0.3 is 6.09 Å². The fourth-order valence-corrected chi connectivity index (χ4v) is 3.80. The number of nitrogens with zero attached hydrogens (tertiary/aromatic N) is 3. The van der Waals surface area contributed by atoms with Crippen LogP contribution in [-0.2, 0) is 11.3 Å². The zero-order valence-electron chi connectivity index (χ0n) is 15.6. The molecular formula is C20H22ClN5O2. The van der Waals surface area contributed by atoms with E-state index in [0.717, 1.165) is 17.4 Å². The summed E-state index contributed by atoms with van der Waals surface area (Å²) in [5, 5.41) is 4.49. The quantitative estimate of drug-likeness (QED) is 0.646. The molecule has 2 N–H and O–H groups in total. The summed E-state index contributed by atoms with van der Waals surface area (Å²) in [5.74, 6) is 1.02. The third-order valence-corrected chi connectivity index (χ3v) is 5.02. The minimum absolute atomic E-state index is 0.0529. The lowest BCUT2D eigenvalue weighted by Crippen LogP contribution is -2.48. The Morgan fingerprint density at radius 3 is 2.93 bits per heavy atom. The van der Waals surface area contributed by atoms with Gasteiger partial charge in [0.1, 0.15) is 18.1 Å². The van der Waals surface area contributed by atoms with E-state index in [2.05, 4.69) is 27.2 Å². The van der Waals surface area contributed by atoms with Crippen molar-refractivity contribution in [3.8, 4) is 0 Å². The smallest absolute Gasteiger partial charge is 0.410 e. The van der Waals surface area contributed by atoms with Gasteiger partial charge < -0.3 is 19.9 Å². The lowest BCUT2D eigenvalue weighted by molar-refractivity contribution is 0.0783. The zero-order chi connectivity index (χ0) is 19.5. The van der Waals surface area contributed by atoms with Crippen LogP contribution in [0.15, 0.2) is 42.6 Å². The first-order chi connectivity index (χ1) is 13.6. The topological polar surface area (TPSA) is 83.1 Å². The first-order valence-electron chi connectivity index (χ1n) is 9.31. The van der Waals surface area contributed by atoms with Gasteiger partial charge in [0.15, 0.2) is 0 Å². The minimum atomic E-state index is -0.297. The molecule has 7 nitrogen and oxygen atoms in total. The molecule has 0 radical (unpaired) electrons. The first-order valence-corrected chi connectivity index (χ1v) is 9.69. The van der Waals surface area contributed by atoms with Crippen molar-refractivity contribution < 1.29 is 9.53 Å². The van der Waals surface area contributed by atoms with Crippen LogP contribution in [0.5, 0.6) is 0 Å². The molecule has 1 amide bonds. The number of H-pyrrole nitrogens is 1. The Kier molecular flexibility index (Phi) is 5.34. The van der Waals surface area contributed by atoms with E-state index in [-0.39, 0.29) is 24.0 Å². The third-order valence-electron chi connectivity index (χ3n) is 4.85. The van der Waals surface area contributed by atoms with Crippen molar-refractivity contribution in [2.24, 2.45) is 5.92 Å². The average Bonchev–Trinajstić information content (AvgIpc) is 3.15. The van der Waals surface area contributed by atoms with Crippen LogP contribution in [0, 0.1) is 5.92 Å². The number of carbonyl (C=O) groups is 1. The van der Waals surface area contributed by atoms with E-state index in [1.165, 1.54) is 0 Å². The molecule has 8 heteroatoms. The summed E-state index contributed by atoms with van der Waals surface area (Å²) in [6.45, 7) is 3.62. The standard InChI is InChI=1S/C20H22ClN5O2/c1-13-9-15(23-18-16-7-8-22-17(16)24-19(21)25-18)11-26(10-13)20(27)28-12-14-5-3-2-4-6-14/h2-8,13,15H,9-12H2,1H3,(H2,22,23,24,25). The second-order valence-electron chi connectivity index (χ2n) is 7.21. The van der Waals surface area contributed by atoms with Crippen LogP contribution in [0.3, 0.4) is 0 Å². The molecular weight excluding hydrogens is 378 g/mol. The molecule has 0 bridgehead atoms. The number of benzene rings is 1. The highest BCUT2D eigenvalue weighted by molar-refractivity contribution is 6.28. The van der Waals surface area contributed by atoms with Crippen molar-refractivity contribution in [3.05, 3.63) is 53.4 Å². The number of amides is 1. The van der Waals surface area contributed by atoms with Gasteiger partial charge in [0, 0.05) is 25.3 Å². The van der Waals surface area contributed by atoms with E-state index in [1.54, 1.807) is 11.1 Å². The molecule has 28 heavy (non-hydrogen) atoms. The summed E-state index contributed by atoms with van der Waals surface area (Å²) in [4.78, 5) is 25.9. The van der Waals surface area contributed by atoms with Crippen molar-refractivity contribution in [2.45, 2.75) is 26.0 Å². The summed E-state index contributed by atoms with van der Waals surface area (Å²) < 4.78 is 5.50. The molecule has 3 aromatic rings. The van der Waals surface area contributed by atoms with Gasteiger partial charge in [-0.3, -0.25) is 0 Å². The lowest BCUT2D eigenvalue weighted by Gasteiger charge is -2.36. The first kappa shape index (κ1) is 18.6. The summed E-state index contributed by atoms with van der Waals surface area (Å²) >= 11 is 6.04. The van der Waals surface area contributed by atoms with Crippen molar-refractivity contribution >= 4 is 34.5 Å². The Morgan fingerprint density at radius 2 is 2.11 bits per heavy atom. The van der Waals surface area contributed by atoms with E-state index in [0.29, 0.717) is 30.5 Å². The molecule has 0 saturated carbocycles. The van der Waals surface area contributed by atoms with Crippen LogP contribution in [0.2, 0.25) is 5.28 Å². The Labute approximate surface area is 168 Å². The maximum Gasteiger partial charge on any atom is 0.410 e. The van der Waals surface area contributed by atoms with E-state index in [1.807, 2.05) is 36.4 Å². The number of hydrogen-bond donors (Lipinski definition) is 2. The molecule has 2 aromatic heterocycles. The van der Waals surface area contributed by atoms with E-state index in [9.17, 15) is 4.79 Å². The monoisotopic (exact) mass is 399 g/mol. The van der Waals surface area contributed by atoms with Gasteiger partial charge in [0.05, 0.1) is 5.39 Å². The largest absolute Gasteiger partial charge is 0.445 e. The van der Waals surface area contributed by atoms with Crippen LogP contribution < -0.4 is 5.32 Å². The molecule has 4 rings (SSSR count). The van der Waals surface area contributed by atoms with Gasteiger partial charge in [0.2, 0.25) is 5.28 Å². The number of aromatic amines is 1. The number of piperidine rings is 1. The maximum absolute atomic E-state index is 12.6. The van der Waals surface area contributed by atoms with Crippen LogP contribution in [0.4, 0.5) is 10.6 Å². The predicted molar refractivity (Wildman–Crippen MR) is 108 cm³/mol. The number of aromatic nitrogens is 3. The number of hydrogen-bond acceptors (Lipinski definition) is 5. The van der Waals surface area contributed by atoms with Crippen molar-refractivity contribution in [3.63, 3.8) is 0 Å². The SMILES string of the molecule is CC1CC(Nc2nc(Cl)nc3[nH]ccc23)CN(C(=O)OCc2ccccc2)C1. The molecule has 1 saturated heterocycles. The molecule has 0 aliphatic carbocycles. The Hall–Kier alpha value is -2.80. The summed E-state index contributed by atoms with van der Waals surface area (Å²) in [5.41, 5.74) is 1.66. The fraction of sp³-hybridized carbons (Fsp3) is 0.350. The third kappa shape index (κ3) is 4.20. The number of nitrogens with one attached hydrogen (secondary N) is 2. The second-order valence-corrected chi connectivity index (χ2v) is 7.55. The van der Waals surface area contributed by atoms with Crippen molar-refractivity contribution in [1.29, 1.82) is 0 Å². The average molecular weight is 400 g/mol. The van der Waals surface area contributed by atoms with Gasteiger partial charge in [-0.15, -0.1) is 0 Å². The number of ether oxygens (including phenoxy) is 1. The van der Waals surface area contributed by atoms with Crippen molar-refractivity contribution in [2.75, 3.05) is 18.4 Å². The van der Waals surface area contributed by atoms with Gasteiger partial charge in [-0.2, -0.15) is 4.98 Å². The highest BCUT2D eigenvalue weighted by Crippen LogP contribution is 2.25. The van der Waals surface area contributed by atoms with Crippen LogP contribution in [0.1, 0.15) is 18.9 Å². The summed E-state index contributed by atoms with van der Waals surface area (Å²) in [6, 6.07) is 11.6. The van der Waals surface area contributed by atoms with E-state index in [4.69, 9.17) is 16.3 Å². The number of likely N-dealkylation sites (tertiary alicyclic amines) is 1. The molecule has 1 aromatic carbocycles. The Morgan fingerprint density at radius 1 is 1.29 bits per heavy atom. The Bertz CT molecular complexity index is 962. The molecule has 0 spiro atoms. The summed E-state index contributed by atoms with van der Waals surface area (Å²) in [7, 11) is 0. The highest BCUT2D eigenvalue weighted by Gasteiger charge is 2.29. The molecule has 1 aliphatic heterocycles. The van der Waals surface area contributed by atoms with Crippen LogP contribution >= 0.6 is 11.6 Å². The Balaban J connectivity index is 1.42. The molecule has 2 atom stereocenters. The van der Waals surface area contributed by atoms with Crippen molar-refractivity contribution in [1.82, 2.24) is 19.9 Å². The van der Waals surface area contributed by atoms with Gasteiger partial charge in [-0.1, -0.05) is 37.3 Å². The number of fused-ring (bicyclic) bond motifs is 1. The number of carbonyl (C=O) groups excluding carboxylic acids is 1. The predicted octanol–water partition coefficient (Wildman–Crippen LogP) is 4.07. The molecule has 146 valence electrons. The molecule has 1 aliphatic rings. The number of rotatable bonds is 4. The summed E-state index contributed by atoms with van der Waals surface area (Å²) in [6.07, 6.45) is 2.43. The van der Waals surface area contributed by atoms with Crippen LogP contribution in [-0.4, -0.2) is 45.1 Å². The van der Waals surface area contributed by atoms with E-state index >= 15 is 0 Å². The van der Waals surface area contributed by atoms with Gasteiger partial charge in [-0.25, -0.2) is 9.78 Å². The number of anilines is 1. The van der Waals surface area contributed by atoms with Crippen LogP contribution in [0.25, 0.3) is 11.0 Å². The molecule has 1 fully saturated rings. The fourth-order valence-electron chi connectivity index (χ4n) is 3.63.